The molecule has 0 bridgehead atoms. The standard InChI is InChI=1S/C17H20O2/c1-13-9-10-16(14(2)11-13)19-12-17(3,18)15-7-5-4-6-8-15/h4-11,18H,12H2,1-3H3. The van der Waals surface area contributed by atoms with E-state index in [2.05, 4.69) is 13.0 Å². The first kappa shape index (κ1) is 13.6. The van der Waals surface area contributed by atoms with Crippen LogP contribution in [0.2, 0.25) is 0 Å². The Morgan fingerprint density at radius 1 is 1.05 bits per heavy atom. The van der Waals surface area contributed by atoms with Crippen LogP contribution in [0.15, 0.2) is 48.5 Å². The molecule has 0 aliphatic carbocycles. The lowest BCUT2D eigenvalue weighted by atomic mass is 9.97. The van der Waals surface area contributed by atoms with Gasteiger partial charge in [0, 0.05) is 0 Å². The molecule has 0 spiro atoms. The van der Waals surface area contributed by atoms with E-state index in [4.69, 9.17) is 4.74 Å². The minimum Gasteiger partial charge on any atom is -0.490 e. The van der Waals surface area contributed by atoms with Crippen molar-refractivity contribution in [2.75, 3.05) is 6.61 Å². The minimum atomic E-state index is -0.988. The van der Waals surface area contributed by atoms with Crippen LogP contribution in [0.5, 0.6) is 5.75 Å². The van der Waals surface area contributed by atoms with Gasteiger partial charge in [-0.2, -0.15) is 0 Å². The zero-order valence-corrected chi connectivity index (χ0v) is 11.7. The number of rotatable bonds is 4. The van der Waals surface area contributed by atoms with E-state index in [1.165, 1.54) is 5.56 Å². The van der Waals surface area contributed by atoms with Gasteiger partial charge in [0.15, 0.2) is 0 Å². The zero-order valence-electron chi connectivity index (χ0n) is 11.7. The summed E-state index contributed by atoms with van der Waals surface area (Å²) in [6.07, 6.45) is 0. The quantitative estimate of drug-likeness (QED) is 0.905. The van der Waals surface area contributed by atoms with Crippen molar-refractivity contribution >= 4 is 0 Å². The Balaban J connectivity index is 2.09. The van der Waals surface area contributed by atoms with E-state index in [0.29, 0.717) is 0 Å². The second-order valence-electron chi connectivity index (χ2n) is 5.20. The molecule has 0 aliphatic rings. The van der Waals surface area contributed by atoms with E-state index in [1.807, 2.05) is 49.4 Å². The van der Waals surface area contributed by atoms with Gasteiger partial charge in [0.1, 0.15) is 18.0 Å². The van der Waals surface area contributed by atoms with Crippen LogP contribution in [0, 0.1) is 13.8 Å². The van der Waals surface area contributed by atoms with Crippen LogP contribution in [0.25, 0.3) is 0 Å². The SMILES string of the molecule is Cc1ccc(OCC(C)(O)c2ccccc2)c(C)c1. The molecule has 0 saturated heterocycles. The van der Waals surface area contributed by atoms with E-state index in [-0.39, 0.29) is 6.61 Å². The Hall–Kier alpha value is -1.80. The molecule has 1 unspecified atom stereocenters. The Bertz CT molecular complexity index is 544. The molecule has 0 amide bonds. The molecule has 2 aromatic carbocycles. The second kappa shape index (κ2) is 5.45. The molecule has 1 N–H and O–H groups in total. The van der Waals surface area contributed by atoms with Gasteiger partial charge >= 0.3 is 0 Å². The lowest BCUT2D eigenvalue weighted by molar-refractivity contribution is 0.00739. The average Bonchev–Trinajstić information content (AvgIpc) is 2.39. The maximum atomic E-state index is 10.5. The molecule has 0 heterocycles. The van der Waals surface area contributed by atoms with Crippen LogP contribution in [-0.2, 0) is 5.60 Å². The van der Waals surface area contributed by atoms with Crippen molar-refractivity contribution in [3.05, 3.63) is 65.2 Å². The van der Waals surface area contributed by atoms with Crippen LogP contribution < -0.4 is 4.74 Å². The first-order chi connectivity index (χ1) is 8.99. The smallest absolute Gasteiger partial charge is 0.122 e. The summed E-state index contributed by atoms with van der Waals surface area (Å²) >= 11 is 0. The van der Waals surface area contributed by atoms with Crippen LogP contribution in [0.1, 0.15) is 23.6 Å². The summed E-state index contributed by atoms with van der Waals surface area (Å²) in [6.45, 7) is 6.07. The molecule has 0 fully saturated rings. The summed E-state index contributed by atoms with van der Waals surface area (Å²) in [5.74, 6) is 0.821. The summed E-state index contributed by atoms with van der Waals surface area (Å²) in [6, 6.07) is 15.6. The summed E-state index contributed by atoms with van der Waals surface area (Å²) in [5.41, 5.74) is 2.17. The Labute approximate surface area is 114 Å². The zero-order chi connectivity index (χ0) is 13.9. The van der Waals surface area contributed by atoms with Gasteiger partial charge in [-0.3, -0.25) is 0 Å². The maximum absolute atomic E-state index is 10.5. The molecule has 0 aromatic heterocycles. The molecule has 2 nitrogen and oxygen atoms in total. The molecule has 0 saturated carbocycles. The summed E-state index contributed by atoms with van der Waals surface area (Å²) in [5, 5.41) is 10.5. The number of aryl methyl sites for hydroxylation is 2. The Kier molecular flexibility index (Phi) is 3.91. The Morgan fingerprint density at radius 2 is 1.74 bits per heavy atom. The third-order valence-corrected chi connectivity index (χ3v) is 3.23. The largest absolute Gasteiger partial charge is 0.490 e. The van der Waals surface area contributed by atoms with Crippen molar-refractivity contribution in [2.24, 2.45) is 0 Å². The second-order valence-corrected chi connectivity index (χ2v) is 5.20. The number of benzene rings is 2. The van der Waals surface area contributed by atoms with Gasteiger partial charge in [0.2, 0.25) is 0 Å². The fraction of sp³-hybridized carbons (Fsp3) is 0.294. The first-order valence-electron chi connectivity index (χ1n) is 6.47. The number of aliphatic hydroxyl groups is 1. The van der Waals surface area contributed by atoms with Gasteiger partial charge < -0.3 is 9.84 Å². The van der Waals surface area contributed by atoms with Crippen LogP contribution in [0.4, 0.5) is 0 Å². The van der Waals surface area contributed by atoms with Crippen LogP contribution >= 0.6 is 0 Å². The minimum absolute atomic E-state index is 0.237. The van der Waals surface area contributed by atoms with Gasteiger partial charge in [0.25, 0.3) is 0 Å². The van der Waals surface area contributed by atoms with E-state index in [1.54, 1.807) is 6.92 Å². The summed E-state index contributed by atoms with van der Waals surface area (Å²) in [4.78, 5) is 0. The van der Waals surface area contributed by atoms with E-state index < -0.39 is 5.60 Å². The van der Waals surface area contributed by atoms with Crippen LogP contribution in [0.3, 0.4) is 0 Å². The predicted octanol–water partition coefficient (Wildman–Crippen LogP) is 3.59. The Morgan fingerprint density at radius 3 is 2.37 bits per heavy atom. The predicted molar refractivity (Wildman–Crippen MR) is 77.4 cm³/mol. The molecular weight excluding hydrogens is 236 g/mol. The molecule has 2 heteroatoms. The number of hydrogen-bond donors (Lipinski definition) is 1. The van der Waals surface area contributed by atoms with Gasteiger partial charge in [-0.05, 0) is 38.0 Å². The monoisotopic (exact) mass is 256 g/mol. The summed E-state index contributed by atoms with van der Waals surface area (Å²) < 4.78 is 5.76. The molecule has 1 atom stereocenters. The highest BCUT2D eigenvalue weighted by molar-refractivity contribution is 5.36. The average molecular weight is 256 g/mol. The van der Waals surface area contributed by atoms with Crippen molar-refractivity contribution < 1.29 is 9.84 Å². The molecule has 0 radical (unpaired) electrons. The van der Waals surface area contributed by atoms with Gasteiger partial charge in [-0.25, -0.2) is 0 Å². The van der Waals surface area contributed by atoms with E-state index in [9.17, 15) is 5.11 Å². The maximum Gasteiger partial charge on any atom is 0.122 e. The van der Waals surface area contributed by atoms with Gasteiger partial charge in [-0.15, -0.1) is 0 Å². The van der Waals surface area contributed by atoms with Crippen LogP contribution in [-0.4, -0.2) is 11.7 Å². The van der Waals surface area contributed by atoms with Gasteiger partial charge in [-0.1, -0.05) is 48.0 Å². The van der Waals surface area contributed by atoms with Crippen molar-refractivity contribution in [2.45, 2.75) is 26.4 Å². The fourth-order valence-corrected chi connectivity index (χ4v) is 2.06. The van der Waals surface area contributed by atoms with Crippen molar-refractivity contribution in [3.8, 4) is 5.75 Å². The molecule has 19 heavy (non-hydrogen) atoms. The molecule has 100 valence electrons. The summed E-state index contributed by atoms with van der Waals surface area (Å²) in [7, 11) is 0. The third kappa shape index (κ3) is 3.36. The number of hydrogen-bond acceptors (Lipinski definition) is 2. The van der Waals surface area contributed by atoms with Crippen molar-refractivity contribution in [3.63, 3.8) is 0 Å². The van der Waals surface area contributed by atoms with Crippen molar-refractivity contribution in [1.29, 1.82) is 0 Å². The fourth-order valence-electron chi connectivity index (χ4n) is 2.06. The molecule has 2 rings (SSSR count). The lowest BCUT2D eigenvalue weighted by Gasteiger charge is -2.24. The topological polar surface area (TPSA) is 29.5 Å². The molecule has 0 aliphatic heterocycles. The molecule has 2 aromatic rings. The van der Waals surface area contributed by atoms with Crippen molar-refractivity contribution in [1.82, 2.24) is 0 Å². The highest BCUT2D eigenvalue weighted by Gasteiger charge is 2.24. The lowest BCUT2D eigenvalue weighted by Crippen LogP contribution is -2.29. The van der Waals surface area contributed by atoms with Gasteiger partial charge in [0.05, 0.1) is 0 Å². The highest BCUT2D eigenvalue weighted by Crippen LogP contribution is 2.24. The normalized spacial score (nSPS) is 13.9. The highest BCUT2D eigenvalue weighted by atomic mass is 16.5. The van der Waals surface area contributed by atoms with E-state index >= 15 is 0 Å². The number of ether oxygens (including phenoxy) is 1. The first-order valence-corrected chi connectivity index (χ1v) is 6.47. The molecular formula is C17H20O2. The van der Waals surface area contributed by atoms with E-state index in [0.717, 1.165) is 16.9 Å². The third-order valence-electron chi connectivity index (χ3n) is 3.23.